The standard InChI is InChI=1S/2C10H15.2ClH.Hf/c2*1-4-9-6-8(3)10(5-2)7-9;;;/h2*4-6H2,1-3H3;2*1H;/q2*-1;;;+4/p-2. The Hall–Kier alpha value is 0.410. The minimum Gasteiger partial charge on any atom is -1.00 e. The summed E-state index contributed by atoms with van der Waals surface area (Å²) in [7, 11) is 0. The molecule has 0 saturated heterocycles. The van der Waals surface area contributed by atoms with Crippen molar-refractivity contribution in [3.8, 4) is 0 Å². The fourth-order valence-electron chi connectivity index (χ4n) is 2.79. The molecule has 0 atom stereocenters. The predicted octanol–water partition coefficient (Wildman–Crippen LogP) is 0.518. The Kier molecular flexibility index (Phi) is 18.1. The maximum Gasteiger partial charge on any atom is 4.00 e. The van der Waals surface area contributed by atoms with E-state index in [1.54, 1.807) is 0 Å². The second kappa shape index (κ2) is 14.7. The smallest absolute Gasteiger partial charge is 1.00 e. The van der Waals surface area contributed by atoms with E-state index < -0.39 is 0 Å². The van der Waals surface area contributed by atoms with Gasteiger partial charge in [0.15, 0.2) is 0 Å². The second-order valence-electron chi connectivity index (χ2n) is 5.74. The molecule has 0 fully saturated rings. The molecule has 0 aliphatic heterocycles. The molecule has 2 aliphatic rings. The zero-order valence-corrected chi connectivity index (χ0v) is 20.6. The first kappa shape index (κ1) is 28.2. The number of allylic oxidation sites excluding steroid dienone is 8. The van der Waals surface area contributed by atoms with Gasteiger partial charge in [-0.15, -0.1) is 13.8 Å². The van der Waals surface area contributed by atoms with Crippen LogP contribution in [0.4, 0.5) is 0 Å². The zero-order chi connectivity index (χ0) is 15.1. The largest absolute Gasteiger partial charge is 4.00 e. The van der Waals surface area contributed by atoms with Crippen LogP contribution in [0.3, 0.4) is 0 Å². The Bertz CT molecular complexity index is 424. The van der Waals surface area contributed by atoms with Crippen molar-refractivity contribution in [1.29, 1.82) is 0 Å². The van der Waals surface area contributed by atoms with Crippen LogP contribution in [0.2, 0.25) is 0 Å². The van der Waals surface area contributed by atoms with Gasteiger partial charge in [-0.1, -0.05) is 66.2 Å². The fraction of sp³-hybridized carbons (Fsp3) is 0.600. The van der Waals surface area contributed by atoms with Gasteiger partial charge in [0.2, 0.25) is 0 Å². The summed E-state index contributed by atoms with van der Waals surface area (Å²) in [5.74, 6) is 0. The van der Waals surface area contributed by atoms with E-state index in [0.717, 1.165) is 12.8 Å². The third-order valence-electron chi connectivity index (χ3n) is 4.20. The summed E-state index contributed by atoms with van der Waals surface area (Å²) in [6.45, 7) is 13.2. The summed E-state index contributed by atoms with van der Waals surface area (Å²) in [5, 5.41) is 0. The van der Waals surface area contributed by atoms with Crippen molar-refractivity contribution in [3.05, 3.63) is 45.6 Å². The summed E-state index contributed by atoms with van der Waals surface area (Å²) in [5.41, 5.74) is 8.90. The molecule has 0 aromatic carbocycles. The molecular formula is C20H30Cl2Hf. The van der Waals surface area contributed by atoms with E-state index in [2.05, 4.69) is 53.7 Å². The van der Waals surface area contributed by atoms with Crippen LogP contribution in [0.5, 0.6) is 0 Å². The molecule has 0 aromatic rings. The topological polar surface area (TPSA) is 0 Å². The zero-order valence-electron chi connectivity index (χ0n) is 15.5. The van der Waals surface area contributed by atoms with Crippen molar-refractivity contribution < 1.29 is 50.7 Å². The SMILES string of the molecule is CCC1=[C-]C(CC)=C(C)C1.CCC1=[C-]C(CC)=C(C)C1.[Cl-].[Cl-].[Hf+4]. The molecule has 0 saturated carbocycles. The maximum atomic E-state index is 3.44. The van der Waals surface area contributed by atoms with Gasteiger partial charge in [-0.3, -0.25) is 0 Å². The van der Waals surface area contributed by atoms with Crippen LogP contribution in [0, 0.1) is 12.2 Å². The van der Waals surface area contributed by atoms with E-state index in [9.17, 15) is 0 Å². The summed E-state index contributed by atoms with van der Waals surface area (Å²) in [6, 6.07) is 0. The Balaban J connectivity index is -0.000000308. The number of rotatable bonds is 4. The van der Waals surface area contributed by atoms with Crippen LogP contribution in [0.1, 0.15) is 80.1 Å². The van der Waals surface area contributed by atoms with Gasteiger partial charge in [-0.25, -0.2) is 34.4 Å². The summed E-state index contributed by atoms with van der Waals surface area (Å²) in [6.07, 6.45) is 13.9. The van der Waals surface area contributed by atoms with Crippen LogP contribution >= 0.6 is 0 Å². The van der Waals surface area contributed by atoms with Crippen LogP contribution in [-0.2, 0) is 25.8 Å². The van der Waals surface area contributed by atoms with Gasteiger partial charge >= 0.3 is 25.8 Å². The van der Waals surface area contributed by atoms with Gasteiger partial charge in [0.05, 0.1) is 0 Å². The van der Waals surface area contributed by atoms with Crippen LogP contribution < -0.4 is 24.8 Å². The monoisotopic (exact) mass is 520 g/mol. The minimum absolute atomic E-state index is 0. The quantitative estimate of drug-likeness (QED) is 0.375. The molecule has 0 unspecified atom stereocenters. The maximum absolute atomic E-state index is 3.44. The Labute approximate surface area is 175 Å². The fourth-order valence-corrected chi connectivity index (χ4v) is 2.79. The van der Waals surface area contributed by atoms with E-state index >= 15 is 0 Å². The van der Waals surface area contributed by atoms with Crippen LogP contribution in [-0.4, -0.2) is 0 Å². The van der Waals surface area contributed by atoms with E-state index in [-0.39, 0.29) is 50.7 Å². The summed E-state index contributed by atoms with van der Waals surface area (Å²) in [4.78, 5) is 0. The van der Waals surface area contributed by atoms with Gasteiger partial charge in [-0.05, 0) is 0 Å². The van der Waals surface area contributed by atoms with Crippen molar-refractivity contribution in [2.24, 2.45) is 0 Å². The first-order chi connectivity index (χ1) is 9.55. The van der Waals surface area contributed by atoms with E-state index in [1.165, 1.54) is 59.1 Å². The van der Waals surface area contributed by atoms with E-state index in [1.807, 2.05) is 0 Å². The third-order valence-corrected chi connectivity index (χ3v) is 4.20. The molecule has 2 aliphatic carbocycles. The molecule has 2 rings (SSSR count). The van der Waals surface area contributed by atoms with Crippen molar-refractivity contribution >= 4 is 0 Å². The van der Waals surface area contributed by atoms with Crippen LogP contribution in [0.25, 0.3) is 0 Å². The van der Waals surface area contributed by atoms with Gasteiger partial charge in [0.25, 0.3) is 0 Å². The van der Waals surface area contributed by atoms with E-state index in [0.29, 0.717) is 0 Å². The molecule has 0 aromatic heterocycles. The molecule has 128 valence electrons. The Morgan fingerprint density at radius 3 is 1.09 bits per heavy atom. The van der Waals surface area contributed by atoms with Gasteiger partial charge < -0.3 is 24.8 Å². The third kappa shape index (κ3) is 8.89. The molecule has 0 nitrogen and oxygen atoms in total. The first-order valence-corrected chi connectivity index (χ1v) is 8.16. The molecule has 0 heterocycles. The summed E-state index contributed by atoms with van der Waals surface area (Å²) < 4.78 is 0. The molecule has 0 bridgehead atoms. The molecule has 0 radical (unpaired) electrons. The Morgan fingerprint density at radius 1 is 0.652 bits per heavy atom. The molecular weight excluding hydrogens is 490 g/mol. The van der Waals surface area contributed by atoms with Gasteiger partial charge in [-0.2, -0.15) is 11.1 Å². The number of hydrogen-bond donors (Lipinski definition) is 0. The number of halogens is 2. The molecule has 0 spiro atoms. The normalized spacial score (nSPS) is 15.7. The molecule has 23 heavy (non-hydrogen) atoms. The van der Waals surface area contributed by atoms with Crippen molar-refractivity contribution in [2.45, 2.75) is 80.1 Å². The van der Waals surface area contributed by atoms with Gasteiger partial charge in [0.1, 0.15) is 0 Å². The molecule has 0 amide bonds. The van der Waals surface area contributed by atoms with Gasteiger partial charge in [0, 0.05) is 0 Å². The molecule has 0 N–H and O–H groups in total. The molecule has 3 heteroatoms. The van der Waals surface area contributed by atoms with Crippen molar-refractivity contribution in [2.75, 3.05) is 0 Å². The van der Waals surface area contributed by atoms with Crippen LogP contribution in [0.15, 0.2) is 33.4 Å². The van der Waals surface area contributed by atoms with Crippen molar-refractivity contribution in [3.63, 3.8) is 0 Å². The van der Waals surface area contributed by atoms with E-state index in [4.69, 9.17) is 0 Å². The second-order valence-corrected chi connectivity index (χ2v) is 5.74. The average Bonchev–Trinajstić information content (AvgIpc) is 3.01. The average molecular weight is 520 g/mol. The number of hydrogen-bond acceptors (Lipinski definition) is 0. The predicted molar refractivity (Wildman–Crippen MR) is 89.3 cm³/mol. The minimum atomic E-state index is 0. The first-order valence-electron chi connectivity index (χ1n) is 8.16. The summed E-state index contributed by atoms with van der Waals surface area (Å²) >= 11 is 0. The Morgan fingerprint density at radius 2 is 0.957 bits per heavy atom. The van der Waals surface area contributed by atoms with Crippen molar-refractivity contribution in [1.82, 2.24) is 0 Å².